The third-order valence-electron chi connectivity index (χ3n) is 3.95. The first-order valence-corrected chi connectivity index (χ1v) is 7.68. The van der Waals surface area contributed by atoms with E-state index in [0.717, 1.165) is 12.0 Å². The molecule has 0 aromatic heterocycles. The summed E-state index contributed by atoms with van der Waals surface area (Å²) < 4.78 is 0. The van der Waals surface area contributed by atoms with Crippen LogP contribution in [-0.4, -0.2) is 11.6 Å². The highest BCUT2D eigenvalue weighted by Crippen LogP contribution is 2.47. The van der Waals surface area contributed by atoms with Crippen molar-refractivity contribution >= 4 is 23.2 Å². The Morgan fingerprint density at radius 1 is 1.14 bits per heavy atom. The van der Waals surface area contributed by atoms with Crippen LogP contribution >= 0.6 is 11.6 Å². The van der Waals surface area contributed by atoms with Crippen LogP contribution in [0.2, 0.25) is 5.02 Å². The SMILES string of the molecule is C/C(=N/NC(=O)C1CC1c1ccccc1)c1ccccc1Cl. The molecule has 0 spiro atoms. The Morgan fingerprint density at radius 3 is 2.55 bits per heavy atom. The van der Waals surface area contributed by atoms with Gasteiger partial charge in [0.15, 0.2) is 0 Å². The summed E-state index contributed by atoms with van der Waals surface area (Å²) >= 11 is 6.12. The predicted octanol–water partition coefficient (Wildman–Crippen LogP) is 3.98. The van der Waals surface area contributed by atoms with E-state index in [1.54, 1.807) is 0 Å². The van der Waals surface area contributed by atoms with Gasteiger partial charge in [0.05, 0.1) is 5.71 Å². The molecule has 0 saturated heterocycles. The molecule has 2 unspecified atom stereocenters. The maximum absolute atomic E-state index is 12.2. The Morgan fingerprint density at radius 2 is 1.82 bits per heavy atom. The second-order valence-corrected chi connectivity index (χ2v) is 5.92. The number of hydrazone groups is 1. The highest BCUT2D eigenvalue weighted by atomic mass is 35.5. The summed E-state index contributed by atoms with van der Waals surface area (Å²) in [4.78, 5) is 12.2. The average Bonchev–Trinajstić information content (AvgIpc) is 3.34. The Bertz CT molecular complexity index is 712. The number of nitrogens with one attached hydrogen (secondary N) is 1. The predicted molar refractivity (Wildman–Crippen MR) is 89.1 cm³/mol. The Labute approximate surface area is 135 Å². The van der Waals surface area contributed by atoms with Crippen LogP contribution in [-0.2, 0) is 4.79 Å². The Kier molecular flexibility index (Phi) is 4.25. The fraction of sp³-hybridized carbons (Fsp3) is 0.222. The maximum atomic E-state index is 12.2. The topological polar surface area (TPSA) is 41.5 Å². The summed E-state index contributed by atoms with van der Waals surface area (Å²) in [7, 11) is 0. The van der Waals surface area contributed by atoms with Gasteiger partial charge in [-0.1, -0.05) is 60.1 Å². The highest BCUT2D eigenvalue weighted by Gasteiger charge is 2.43. The Balaban J connectivity index is 1.62. The molecule has 1 saturated carbocycles. The zero-order valence-corrected chi connectivity index (χ0v) is 13.0. The van der Waals surface area contributed by atoms with E-state index in [1.807, 2.05) is 49.4 Å². The first-order valence-electron chi connectivity index (χ1n) is 7.31. The molecule has 2 atom stereocenters. The lowest BCUT2D eigenvalue weighted by atomic mass is 10.1. The van der Waals surface area contributed by atoms with Crippen molar-refractivity contribution in [3.05, 3.63) is 70.7 Å². The molecule has 2 aromatic carbocycles. The van der Waals surface area contributed by atoms with E-state index in [-0.39, 0.29) is 11.8 Å². The zero-order chi connectivity index (χ0) is 15.5. The highest BCUT2D eigenvalue weighted by molar-refractivity contribution is 6.34. The Hall–Kier alpha value is -2.13. The summed E-state index contributed by atoms with van der Waals surface area (Å²) in [6.07, 6.45) is 0.885. The first-order chi connectivity index (χ1) is 10.7. The fourth-order valence-electron chi connectivity index (χ4n) is 2.59. The average molecular weight is 313 g/mol. The van der Waals surface area contributed by atoms with Gasteiger partial charge in [-0.25, -0.2) is 5.43 Å². The van der Waals surface area contributed by atoms with Gasteiger partial charge in [0.2, 0.25) is 5.91 Å². The number of hydrogen-bond acceptors (Lipinski definition) is 2. The van der Waals surface area contributed by atoms with Crippen LogP contribution in [0.25, 0.3) is 0 Å². The summed E-state index contributed by atoms with van der Waals surface area (Å²) in [5, 5.41) is 4.81. The second kappa shape index (κ2) is 6.32. The number of rotatable bonds is 4. The van der Waals surface area contributed by atoms with E-state index >= 15 is 0 Å². The van der Waals surface area contributed by atoms with Gasteiger partial charge in [0.1, 0.15) is 0 Å². The number of halogens is 1. The quantitative estimate of drug-likeness (QED) is 0.673. The lowest BCUT2D eigenvalue weighted by Crippen LogP contribution is -2.21. The van der Waals surface area contributed by atoms with Crippen molar-refractivity contribution in [2.75, 3.05) is 0 Å². The number of carbonyl (C=O) groups is 1. The van der Waals surface area contributed by atoms with Crippen molar-refractivity contribution in [2.45, 2.75) is 19.3 Å². The fourth-order valence-corrected chi connectivity index (χ4v) is 2.86. The normalized spacial score (nSPS) is 20.5. The van der Waals surface area contributed by atoms with Gasteiger partial charge in [-0.05, 0) is 30.9 Å². The molecular weight excluding hydrogens is 296 g/mol. The minimum atomic E-state index is -0.0275. The van der Waals surface area contributed by atoms with Crippen molar-refractivity contribution < 1.29 is 4.79 Å². The van der Waals surface area contributed by atoms with Crippen molar-refractivity contribution in [2.24, 2.45) is 11.0 Å². The summed E-state index contributed by atoms with van der Waals surface area (Å²) in [5.41, 5.74) is 5.42. The molecule has 1 amide bonds. The molecule has 0 aliphatic heterocycles. The van der Waals surface area contributed by atoms with Crippen molar-refractivity contribution in [1.82, 2.24) is 5.43 Å². The van der Waals surface area contributed by atoms with Gasteiger partial charge in [-0.15, -0.1) is 0 Å². The molecule has 22 heavy (non-hydrogen) atoms. The molecule has 3 rings (SSSR count). The van der Waals surface area contributed by atoms with Gasteiger partial charge in [-0.2, -0.15) is 5.10 Å². The van der Waals surface area contributed by atoms with E-state index in [4.69, 9.17) is 11.6 Å². The maximum Gasteiger partial charge on any atom is 0.243 e. The largest absolute Gasteiger partial charge is 0.273 e. The van der Waals surface area contributed by atoms with Crippen LogP contribution in [0, 0.1) is 5.92 Å². The van der Waals surface area contributed by atoms with Gasteiger partial charge in [-0.3, -0.25) is 4.79 Å². The van der Waals surface area contributed by atoms with Crippen LogP contribution in [0.15, 0.2) is 59.7 Å². The molecule has 1 aliphatic carbocycles. The molecule has 1 aliphatic rings. The summed E-state index contributed by atoms with van der Waals surface area (Å²) in [6.45, 7) is 1.84. The second-order valence-electron chi connectivity index (χ2n) is 5.51. The van der Waals surface area contributed by atoms with Crippen LogP contribution in [0.4, 0.5) is 0 Å². The third-order valence-corrected chi connectivity index (χ3v) is 4.28. The number of carbonyl (C=O) groups excluding carboxylic acids is 1. The number of nitrogens with zero attached hydrogens (tertiary/aromatic N) is 1. The van der Waals surface area contributed by atoms with E-state index < -0.39 is 0 Å². The van der Waals surface area contributed by atoms with Crippen LogP contribution in [0.5, 0.6) is 0 Å². The molecule has 0 bridgehead atoms. The number of benzene rings is 2. The number of hydrogen-bond donors (Lipinski definition) is 1. The van der Waals surface area contributed by atoms with Gasteiger partial charge < -0.3 is 0 Å². The van der Waals surface area contributed by atoms with Gasteiger partial charge in [0, 0.05) is 16.5 Å². The van der Waals surface area contributed by atoms with E-state index in [2.05, 4.69) is 22.7 Å². The lowest BCUT2D eigenvalue weighted by Gasteiger charge is -2.04. The van der Waals surface area contributed by atoms with Gasteiger partial charge >= 0.3 is 0 Å². The monoisotopic (exact) mass is 312 g/mol. The zero-order valence-electron chi connectivity index (χ0n) is 12.3. The third kappa shape index (κ3) is 3.20. The van der Waals surface area contributed by atoms with Crippen LogP contribution < -0.4 is 5.43 Å². The summed E-state index contributed by atoms with van der Waals surface area (Å²) in [5.74, 6) is 0.308. The van der Waals surface area contributed by atoms with E-state index in [0.29, 0.717) is 16.7 Å². The number of amides is 1. The molecule has 2 aromatic rings. The molecule has 3 nitrogen and oxygen atoms in total. The van der Waals surface area contributed by atoms with Crippen LogP contribution in [0.1, 0.15) is 30.4 Å². The molecule has 0 radical (unpaired) electrons. The molecule has 1 N–H and O–H groups in total. The lowest BCUT2D eigenvalue weighted by molar-refractivity contribution is -0.122. The standard InChI is InChI=1S/C18H17ClN2O/c1-12(14-9-5-6-10-17(14)19)20-21-18(22)16-11-15(16)13-7-3-2-4-8-13/h2-10,15-16H,11H2,1H3,(H,21,22)/b20-12-. The molecular formula is C18H17ClN2O. The molecule has 112 valence electrons. The van der Waals surface area contributed by atoms with Crippen molar-refractivity contribution in [3.8, 4) is 0 Å². The van der Waals surface area contributed by atoms with E-state index in [1.165, 1.54) is 5.56 Å². The van der Waals surface area contributed by atoms with Gasteiger partial charge in [0.25, 0.3) is 0 Å². The van der Waals surface area contributed by atoms with Crippen LogP contribution in [0.3, 0.4) is 0 Å². The summed E-state index contributed by atoms with van der Waals surface area (Å²) in [6, 6.07) is 17.6. The molecule has 1 fully saturated rings. The van der Waals surface area contributed by atoms with Crippen molar-refractivity contribution in [1.29, 1.82) is 0 Å². The molecule has 4 heteroatoms. The van der Waals surface area contributed by atoms with E-state index in [9.17, 15) is 4.79 Å². The minimum absolute atomic E-state index is 0.0187. The first kappa shape index (κ1) is 14.8. The minimum Gasteiger partial charge on any atom is -0.273 e. The molecule has 0 heterocycles. The van der Waals surface area contributed by atoms with Crippen molar-refractivity contribution in [3.63, 3.8) is 0 Å². The smallest absolute Gasteiger partial charge is 0.243 e.